The number of sulfonamides is 1. The molecule has 7 heteroatoms. The predicted molar refractivity (Wildman–Crippen MR) is 76.3 cm³/mol. The van der Waals surface area contributed by atoms with Crippen molar-refractivity contribution in [3.63, 3.8) is 0 Å². The lowest BCUT2D eigenvalue weighted by Crippen LogP contribution is -2.47. The second-order valence-electron chi connectivity index (χ2n) is 5.04. The van der Waals surface area contributed by atoms with Gasteiger partial charge in [0.15, 0.2) is 0 Å². The topological polar surface area (TPSA) is 75.4 Å². The number of rotatable bonds is 4. The normalized spacial score (nSPS) is 21.0. The molecule has 112 valence electrons. The summed E-state index contributed by atoms with van der Waals surface area (Å²) in [4.78, 5) is 2.21. The monoisotopic (exact) mass is 301 g/mol. The van der Waals surface area contributed by atoms with E-state index in [0.29, 0.717) is 6.54 Å². The van der Waals surface area contributed by atoms with E-state index in [0.717, 1.165) is 38.1 Å². The molecule has 0 aliphatic carbocycles. The van der Waals surface area contributed by atoms with E-state index >= 15 is 0 Å². The van der Waals surface area contributed by atoms with Crippen LogP contribution in [0.25, 0.3) is 0 Å². The Morgan fingerprint density at radius 1 is 1.50 bits per heavy atom. The van der Waals surface area contributed by atoms with Crippen LogP contribution in [0.4, 0.5) is 10.1 Å². The Morgan fingerprint density at radius 3 is 2.90 bits per heavy atom. The molecule has 1 heterocycles. The van der Waals surface area contributed by atoms with Crippen molar-refractivity contribution < 1.29 is 12.8 Å². The Kier molecular flexibility index (Phi) is 4.62. The van der Waals surface area contributed by atoms with Crippen molar-refractivity contribution >= 4 is 15.7 Å². The van der Waals surface area contributed by atoms with E-state index in [-0.39, 0.29) is 16.6 Å². The van der Waals surface area contributed by atoms with Crippen molar-refractivity contribution in [2.75, 3.05) is 25.4 Å². The number of hydrogen-bond donors (Lipinski definition) is 2. The third kappa shape index (κ3) is 3.47. The molecule has 1 unspecified atom stereocenters. The van der Waals surface area contributed by atoms with Gasteiger partial charge in [0.1, 0.15) is 5.82 Å². The van der Waals surface area contributed by atoms with Crippen LogP contribution in [0.3, 0.4) is 0 Å². The molecule has 2 rings (SSSR count). The molecule has 0 radical (unpaired) electrons. The molecule has 1 aliphatic heterocycles. The van der Waals surface area contributed by atoms with Gasteiger partial charge in [0, 0.05) is 12.6 Å². The lowest BCUT2D eigenvalue weighted by Gasteiger charge is -2.32. The molecular weight excluding hydrogens is 281 g/mol. The number of nitrogen functional groups attached to an aromatic ring is 1. The summed E-state index contributed by atoms with van der Waals surface area (Å²) >= 11 is 0. The summed E-state index contributed by atoms with van der Waals surface area (Å²) in [6.07, 6.45) is 1.78. The van der Waals surface area contributed by atoms with Gasteiger partial charge in [0.2, 0.25) is 10.0 Å². The van der Waals surface area contributed by atoms with Crippen LogP contribution in [0, 0.1) is 5.82 Å². The molecule has 0 spiro atoms. The molecule has 5 nitrogen and oxygen atoms in total. The number of likely N-dealkylation sites (tertiary alicyclic amines) is 1. The second kappa shape index (κ2) is 6.07. The van der Waals surface area contributed by atoms with Crippen LogP contribution in [0.1, 0.15) is 19.8 Å². The van der Waals surface area contributed by atoms with Crippen molar-refractivity contribution in [1.29, 1.82) is 0 Å². The largest absolute Gasteiger partial charge is 0.396 e. The number of nitrogens with one attached hydrogen (secondary N) is 1. The van der Waals surface area contributed by atoms with E-state index < -0.39 is 15.8 Å². The van der Waals surface area contributed by atoms with Crippen LogP contribution in [-0.2, 0) is 10.0 Å². The highest BCUT2D eigenvalue weighted by atomic mass is 32.2. The van der Waals surface area contributed by atoms with Gasteiger partial charge < -0.3 is 10.6 Å². The molecule has 0 bridgehead atoms. The fourth-order valence-corrected chi connectivity index (χ4v) is 3.71. The predicted octanol–water partition coefficient (Wildman–Crippen LogP) is 1.17. The van der Waals surface area contributed by atoms with E-state index in [9.17, 15) is 12.8 Å². The number of nitrogens with zero attached hydrogens (tertiary/aromatic N) is 1. The van der Waals surface area contributed by atoms with Crippen molar-refractivity contribution in [3.8, 4) is 0 Å². The van der Waals surface area contributed by atoms with Gasteiger partial charge in [-0.1, -0.05) is 6.92 Å². The van der Waals surface area contributed by atoms with E-state index in [1.807, 2.05) is 0 Å². The Bertz CT molecular complexity index is 577. The highest BCUT2D eigenvalue weighted by Gasteiger charge is 2.24. The fourth-order valence-electron chi connectivity index (χ4n) is 2.42. The molecular formula is C13H20FN3O2S. The summed E-state index contributed by atoms with van der Waals surface area (Å²) in [5, 5.41) is 0. The molecule has 0 amide bonds. The first-order valence-corrected chi connectivity index (χ1v) is 8.20. The Hall–Kier alpha value is -1.18. The van der Waals surface area contributed by atoms with Gasteiger partial charge in [-0.25, -0.2) is 17.5 Å². The maximum absolute atomic E-state index is 13.1. The molecule has 1 aromatic rings. The van der Waals surface area contributed by atoms with Crippen LogP contribution in [0.15, 0.2) is 23.1 Å². The molecule has 20 heavy (non-hydrogen) atoms. The minimum absolute atomic E-state index is 0.00465. The SMILES string of the molecule is CCN1CCCC(NS(=O)(=O)c2ccc(F)c(N)c2)C1. The summed E-state index contributed by atoms with van der Waals surface area (Å²) in [6, 6.07) is 3.34. The number of benzene rings is 1. The number of halogens is 1. The zero-order valence-electron chi connectivity index (χ0n) is 11.5. The molecule has 0 saturated carbocycles. The minimum Gasteiger partial charge on any atom is -0.396 e. The number of likely N-dealkylation sites (N-methyl/N-ethyl adjacent to an activating group) is 1. The molecule has 1 atom stereocenters. The summed E-state index contributed by atoms with van der Waals surface area (Å²) < 4.78 is 40.3. The van der Waals surface area contributed by atoms with E-state index in [4.69, 9.17) is 5.73 Å². The number of hydrogen-bond acceptors (Lipinski definition) is 4. The molecule has 0 aromatic heterocycles. The Labute approximate surface area is 119 Å². The first-order valence-electron chi connectivity index (χ1n) is 6.72. The van der Waals surface area contributed by atoms with Gasteiger partial charge in [0.25, 0.3) is 0 Å². The maximum atomic E-state index is 13.1. The average Bonchev–Trinajstić information content (AvgIpc) is 2.41. The molecule has 1 saturated heterocycles. The third-order valence-electron chi connectivity index (χ3n) is 3.55. The standard InChI is InChI=1S/C13H20FN3O2S/c1-2-17-7-3-4-10(9-17)16-20(18,19)11-5-6-12(14)13(15)8-11/h5-6,8,10,16H,2-4,7,9,15H2,1H3. The number of anilines is 1. The zero-order chi connectivity index (χ0) is 14.8. The van der Waals surface area contributed by atoms with E-state index in [1.54, 1.807) is 0 Å². The third-order valence-corrected chi connectivity index (χ3v) is 5.07. The first kappa shape index (κ1) is 15.2. The van der Waals surface area contributed by atoms with Crippen LogP contribution in [0.5, 0.6) is 0 Å². The van der Waals surface area contributed by atoms with Crippen molar-refractivity contribution in [2.45, 2.75) is 30.7 Å². The van der Waals surface area contributed by atoms with Gasteiger partial charge >= 0.3 is 0 Å². The lowest BCUT2D eigenvalue weighted by molar-refractivity contribution is 0.211. The van der Waals surface area contributed by atoms with Crippen LogP contribution >= 0.6 is 0 Å². The van der Waals surface area contributed by atoms with E-state index in [1.165, 1.54) is 6.07 Å². The summed E-state index contributed by atoms with van der Waals surface area (Å²) in [5.74, 6) is -0.612. The highest BCUT2D eigenvalue weighted by molar-refractivity contribution is 7.89. The fraction of sp³-hybridized carbons (Fsp3) is 0.538. The van der Waals surface area contributed by atoms with Crippen LogP contribution in [0.2, 0.25) is 0 Å². The van der Waals surface area contributed by atoms with Gasteiger partial charge in [-0.3, -0.25) is 0 Å². The quantitative estimate of drug-likeness (QED) is 0.819. The highest BCUT2D eigenvalue weighted by Crippen LogP contribution is 2.18. The smallest absolute Gasteiger partial charge is 0.240 e. The molecule has 1 aromatic carbocycles. The van der Waals surface area contributed by atoms with Crippen molar-refractivity contribution in [1.82, 2.24) is 9.62 Å². The summed E-state index contributed by atoms with van der Waals surface area (Å²) in [7, 11) is -3.65. The van der Waals surface area contributed by atoms with Gasteiger partial charge in [0.05, 0.1) is 10.6 Å². The van der Waals surface area contributed by atoms with Crippen molar-refractivity contribution in [2.24, 2.45) is 0 Å². The van der Waals surface area contributed by atoms with Gasteiger partial charge in [-0.15, -0.1) is 0 Å². The second-order valence-corrected chi connectivity index (χ2v) is 6.75. The number of piperidine rings is 1. The van der Waals surface area contributed by atoms with Gasteiger partial charge in [-0.05, 0) is 44.1 Å². The molecule has 1 aliphatic rings. The van der Waals surface area contributed by atoms with Crippen molar-refractivity contribution in [3.05, 3.63) is 24.0 Å². The van der Waals surface area contributed by atoms with Crippen LogP contribution < -0.4 is 10.5 Å². The molecule has 3 N–H and O–H groups in total. The van der Waals surface area contributed by atoms with E-state index in [2.05, 4.69) is 16.5 Å². The number of nitrogens with two attached hydrogens (primary N) is 1. The average molecular weight is 301 g/mol. The Balaban J connectivity index is 2.12. The summed E-state index contributed by atoms with van der Waals surface area (Å²) in [6.45, 7) is 4.66. The zero-order valence-corrected chi connectivity index (χ0v) is 12.3. The summed E-state index contributed by atoms with van der Waals surface area (Å²) in [5.41, 5.74) is 5.26. The van der Waals surface area contributed by atoms with Gasteiger partial charge in [-0.2, -0.15) is 0 Å². The minimum atomic E-state index is -3.65. The van der Waals surface area contributed by atoms with Crippen LogP contribution in [-0.4, -0.2) is 39.0 Å². The first-order chi connectivity index (χ1) is 9.42. The Morgan fingerprint density at radius 2 is 2.25 bits per heavy atom. The molecule has 1 fully saturated rings. The lowest BCUT2D eigenvalue weighted by atomic mass is 10.1. The maximum Gasteiger partial charge on any atom is 0.240 e.